The van der Waals surface area contributed by atoms with Crippen LogP contribution in [0, 0.1) is 0 Å². The van der Waals surface area contributed by atoms with E-state index in [0.717, 1.165) is 6.54 Å². The molecule has 2 amide bonds. The van der Waals surface area contributed by atoms with E-state index in [0.29, 0.717) is 37.6 Å². The number of hydrogen-bond donors (Lipinski definition) is 0. The molecular formula is C23H33Cl2N5O4. The first-order valence-corrected chi connectivity index (χ1v) is 12.4. The van der Waals surface area contributed by atoms with Crippen molar-refractivity contribution in [3.63, 3.8) is 0 Å². The standard InChI is InChI=1S/C23H33Cl2N5O4/c1-13-10-30(14(2)9-27(13)6)20-16-18(17(24)19(25)26-20)33-12-15-11-28(7-8-29(15)21(16)31)22(32)34-23(3,4)5/h13-15H,7-12H2,1-6H3/t13-,14-,15+/m0/s1. The van der Waals surface area contributed by atoms with E-state index >= 15 is 0 Å². The van der Waals surface area contributed by atoms with Crippen molar-refractivity contribution in [2.45, 2.75) is 58.3 Å². The number of pyridine rings is 1. The van der Waals surface area contributed by atoms with E-state index in [4.69, 9.17) is 32.7 Å². The van der Waals surface area contributed by atoms with Gasteiger partial charge in [0, 0.05) is 44.8 Å². The average molecular weight is 514 g/mol. The lowest BCUT2D eigenvalue weighted by atomic mass is 10.1. The van der Waals surface area contributed by atoms with Gasteiger partial charge in [-0.05, 0) is 41.7 Å². The highest BCUT2D eigenvalue weighted by Gasteiger charge is 2.42. The number of anilines is 1. The third-order valence-corrected chi connectivity index (χ3v) is 7.35. The van der Waals surface area contributed by atoms with Crippen LogP contribution in [0.25, 0.3) is 0 Å². The first-order valence-electron chi connectivity index (χ1n) is 11.6. The summed E-state index contributed by atoms with van der Waals surface area (Å²) in [6, 6.07) is 0.0497. The topological polar surface area (TPSA) is 78.5 Å². The van der Waals surface area contributed by atoms with Gasteiger partial charge in [-0.2, -0.15) is 0 Å². The van der Waals surface area contributed by atoms with Crippen LogP contribution in [-0.2, 0) is 4.74 Å². The van der Waals surface area contributed by atoms with E-state index < -0.39 is 11.7 Å². The number of carbonyl (C=O) groups excluding carboxylic acids is 2. The monoisotopic (exact) mass is 513 g/mol. The van der Waals surface area contributed by atoms with Crippen LogP contribution >= 0.6 is 23.2 Å². The molecular weight excluding hydrogens is 481 g/mol. The summed E-state index contributed by atoms with van der Waals surface area (Å²) in [7, 11) is 2.09. The number of hydrogen-bond acceptors (Lipinski definition) is 7. The van der Waals surface area contributed by atoms with Gasteiger partial charge in [-0.3, -0.25) is 9.69 Å². The number of carbonyl (C=O) groups is 2. The van der Waals surface area contributed by atoms with Crippen LogP contribution in [0.15, 0.2) is 0 Å². The van der Waals surface area contributed by atoms with Crippen molar-refractivity contribution in [3.8, 4) is 5.75 Å². The maximum atomic E-state index is 13.9. The Morgan fingerprint density at radius 2 is 1.79 bits per heavy atom. The van der Waals surface area contributed by atoms with E-state index in [1.54, 1.807) is 9.80 Å². The van der Waals surface area contributed by atoms with Crippen LogP contribution in [0.2, 0.25) is 10.2 Å². The molecule has 1 aromatic rings. The molecule has 2 saturated heterocycles. The molecule has 0 aliphatic carbocycles. The summed E-state index contributed by atoms with van der Waals surface area (Å²) in [5.74, 6) is 0.553. The molecule has 4 rings (SSSR count). The Bertz CT molecular complexity index is 985. The summed E-state index contributed by atoms with van der Waals surface area (Å²) in [5, 5.41) is 0.240. The normalized spacial score (nSPS) is 25.9. The molecule has 4 heterocycles. The largest absolute Gasteiger partial charge is 0.489 e. The second-order valence-corrected chi connectivity index (χ2v) is 11.2. The van der Waals surface area contributed by atoms with Crippen LogP contribution in [0.3, 0.4) is 0 Å². The molecule has 0 spiro atoms. The lowest BCUT2D eigenvalue weighted by Gasteiger charge is -2.44. The van der Waals surface area contributed by atoms with Gasteiger partial charge in [0.15, 0.2) is 10.9 Å². The maximum Gasteiger partial charge on any atom is 0.410 e. The van der Waals surface area contributed by atoms with Gasteiger partial charge in [0.25, 0.3) is 5.91 Å². The number of aromatic nitrogens is 1. The summed E-state index contributed by atoms with van der Waals surface area (Å²) in [5.41, 5.74) is -0.257. The van der Waals surface area contributed by atoms with E-state index in [9.17, 15) is 9.59 Å². The lowest BCUT2D eigenvalue weighted by Crippen LogP contribution is -2.58. The number of halogens is 2. The fraction of sp³-hybridized carbons (Fsp3) is 0.696. The average Bonchev–Trinajstić information content (AvgIpc) is 2.89. The number of nitrogens with zero attached hydrogens (tertiary/aromatic N) is 5. The predicted octanol–water partition coefficient (Wildman–Crippen LogP) is 3.37. The van der Waals surface area contributed by atoms with Crippen LogP contribution in [0.5, 0.6) is 5.75 Å². The van der Waals surface area contributed by atoms with E-state index in [1.165, 1.54) is 0 Å². The second kappa shape index (κ2) is 9.24. The third kappa shape index (κ3) is 4.75. The van der Waals surface area contributed by atoms with Crippen LogP contribution in [0.1, 0.15) is 45.0 Å². The molecule has 0 aromatic carbocycles. The number of ether oxygens (including phenoxy) is 2. The van der Waals surface area contributed by atoms with Crippen molar-refractivity contribution >= 4 is 41.0 Å². The Kier molecular flexibility index (Phi) is 6.83. The van der Waals surface area contributed by atoms with Gasteiger partial charge in [0.05, 0.1) is 6.04 Å². The van der Waals surface area contributed by atoms with Gasteiger partial charge in [-0.25, -0.2) is 9.78 Å². The third-order valence-electron chi connectivity index (χ3n) is 6.63. The molecule has 188 valence electrons. The van der Waals surface area contributed by atoms with Gasteiger partial charge in [0.2, 0.25) is 0 Å². The number of amides is 2. The first-order chi connectivity index (χ1) is 15.9. The van der Waals surface area contributed by atoms with Crippen molar-refractivity contribution in [2.75, 3.05) is 51.3 Å². The van der Waals surface area contributed by atoms with Gasteiger partial charge < -0.3 is 24.2 Å². The molecule has 3 atom stereocenters. The van der Waals surface area contributed by atoms with Gasteiger partial charge in [-0.1, -0.05) is 23.2 Å². The number of piperazine rings is 2. The molecule has 11 heteroatoms. The highest BCUT2D eigenvalue weighted by atomic mass is 35.5. The molecule has 3 aliphatic rings. The van der Waals surface area contributed by atoms with Crippen molar-refractivity contribution < 1.29 is 19.1 Å². The van der Waals surface area contributed by atoms with Crippen LogP contribution < -0.4 is 9.64 Å². The highest BCUT2D eigenvalue weighted by molar-refractivity contribution is 6.42. The minimum Gasteiger partial charge on any atom is -0.489 e. The molecule has 0 saturated carbocycles. The van der Waals surface area contributed by atoms with Crippen LogP contribution in [0.4, 0.5) is 10.6 Å². The Hall–Kier alpha value is -1.97. The molecule has 34 heavy (non-hydrogen) atoms. The molecule has 9 nitrogen and oxygen atoms in total. The molecule has 0 bridgehead atoms. The van der Waals surface area contributed by atoms with E-state index in [-0.39, 0.29) is 46.6 Å². The lowest BCUT2D eigenvalue weighted by molar-refractivity contribution is 0.000952. The minimum atomic E-state index is -0.596. The zero-order chi connectivity index (χ0) is 24.9. The van der Waals surface area contributed by atoms with Crippen molar-refractivity contribution in [2.24, 2.45) is 0 Å². The second-order valence-electron chi connectivity index (χ2n) is 10.4. The summed E-state index contributed by atoms with van der Waals surface area (Å²) >= 11 is 12.9. The van der Waals surface area contributed by atoms with Gasteiger partial charge in [-0.15, -0.1) is 0 Å². The van der Waals surface area contributed by atoms with Crippen molar-refractivity contribution in [3.05, 3.63) is 15.7 Å². The predicted molar refractivity (Wildman–Crippen MR) is 131 cm³/mol. The smallest absolute Gasteiger partial charge is 0.410 e. The van der Waals surface area contributed by atoms with E-state index in [2.05, 4.69) is 35.7 Å². The number of fused-ring (bicyclic) bond motifs is 2. The van der Waals surface area contributed by atoms with E-state index in [1.807, 2.05) is 20.8 Å². The quantitative estimate of drug-likeness (QED) is 0.532. The van der Waals surface area contributed by atoms with Crippen molar-refractivity contribution in [1.29, 1.82) is 0 Å². The first kappa shape index (κ1) is 25.1. The maximum absolute atomic E-state index is 13.9. The van der Waals surface area contributed by atoms with Crippen LogP contribution in [-0.4, -0.2) is 102 Å². The Labute approximate surface area is 210 Å². The summed E-state index contributed by atoms with van der Waals surface area (Å²) < 4.78 is 11.6. The van der Waals surface area contributed by atoms with Gasteiger partial charge >= 0.3 is 6.09 Å². The number of rotatable bonds is 1. The SMILES string of the molecule is C[C@H]1CN(c2nc(Cl)c(Cl)c3c2C(=O)N2CCN(C(=O)OC(C)(C)C)C[C@@H]2CO3)[C@@H](C)CN1C. The van der Waals surface area contributed by atoms with Gasteiger partial charge in [0.1, 0.15) is 28.6 Å². The summed E-state index contributed by atoms with van der Waals surface area (Å²) in [6.45, 7) is 12.5. The van der Waals surface area contributed by atoms with Crippen molar-refractivity contribution in [1.82, 2.24) is 19.7 Å². The molecule has 0 unspecified atom stereocenters. The fourth-order valence-corrected chi connectivity index (χ4v) is 5.07. The summed E-state index contributed by atoms with van der Waals surface area (Å²) in [6.07, 6.45) is -0.398. The molecule has 2 fully saturated rings. The Morgan fingerprint density at radius 1 is 1.09 bits per heavy atom. The fourth-order valence-electron chi connectivity index (χ4n) is 4.71. The summed E-state index contributed by atoms with van der Waals surface area (Å²) in [4.78, 5) is 38.8. The highest BCUT2D eigenvalue weighted by Crippen LogP contribution is 2.42. The zero-order valence-corrected chi connectivity index (χ0v) is 22.1. The Morgan fingerprint density at radius 3 is 2.47 bits per heavy atom. The molecule has 0 N–H and O–H groups in total. The zero-order valence-electron chi connectivity index (χ0n) is 20.6. The minimum absolute atomic E-state index is 0.109. The molecule has 3 aliphatic heterocycles. The molecule has 0 radical (unpaired) electrons. The Balaban J connectivity index is 1.66. The molecule has 1 aromatic heterocycles. The number of likely N-dealkylation sites (N-methyl/N-ethyl adjacent to an activating group) is 1.